The van der Waals surface area contributed by atoms with Crippen LogP contribution in [0.25, 0.3) is 0 Å². The first kappa shape index (κ1) is 25.6. The predicted molar refractivity (Wildman–Crippen MR) is 121 cm³/mol. The number of ether oxygens (including phenoxy) is 1. The molecule has 3 N–H and O–H groups in total. The van der Waals surface area contributed by atoms with E-state index in [2.05, 4.69) is 20.0 Å². The minimum atomic E-state index is -3.87. The Hall–Kier alpha value is -2.06. The number of hydrogen-bond donors (Lipinski definition) is 3. The first-order valence-electron chi connectivity index (χ1n) is 10.5. The molecular weight excluding hydrogens is 476 g/mol. The summed E-state index contributed by atoms with van der Waals surface area (Å²) in [6.45, 7) is 3.80. The quantitative estimate of drug-likeness (QED) is 0.333. The first-order valence-corrected chi connectivity index (χ1v) is 12.9. The number of nitrogens with one attached hydrogen (secondary N) is 2. The van der Waals surface area contributed by atoms with Crippen LogP contribution in [0.2, 0.25) is 0 Å². The van der Waals surface area contributed by atoms with Gasteiger partial charge in [0.05, 0.1) is 6.61 Å². The minimum absolute atomic E-state index is 0.00364. The standard InChI is InChI=1S/C20H27F2N5O4S2/c1-14(11-28)12-31-18-10-17(26-33(29,30)27-8-3-6-23-7-9-27)24-20(25-18)32-13-15-4-2-5-16(21)19(15)22/h2,4-5,10,14,23,28H,3,6-9,11-13H2,1H3,(H,24,25,26)/t14-/m1/s1. The lowest BCUT2D eigenvalue weighted by Crippen LogP contribution is -2.38. The molecule has 9 nitrogen and oxygen atoms in total. The molecule has 0 amide bonds. The summed E-state index contributed by atoms with van der Waals surface area (Å²) >= 11 is 1.01. The molecule has 2 heterocycles. The van der Waals surface area contributed by atoms with Gasteiger partial charge < -0.3 is 15.2 Å². The molecule has 0 saturated carbocycles. The van der Waals surface area contributed by atoms with Crippen molar-refractivity contribution < 1.29 is 27.0 Å². The van der Waals surface area contributed by atoms with E-state index in [1.54, 1.807) is 6.92 Å². The number of aliphatic hydroxyl groups is 1. The van der Waals surface area contributed by atoms with Gasteiger partial charge in [0.25, 0.3) is 0 Å². The van der Waals surface area contributed by atoms with Crippen molar-refractivity contribution in [2.75, 3.05) is 44.1 Å². The molecule has 1 saturated heterocycles. The first-order chi connectivity index (χ1) is 15.8. The van der Waals surface area contributed by atoms with Crippen molar-refractivity contribution in [3.63, 3.8) is 0 Å². The fourth-order valence-electron chi connectivity index (χ4n) is 2.94. The van der Waals surface area contributed by atoms with E-state index in [1.165, 1.54) is 22.5 Å². The van der Waals surface area contributed by atoms with Gasteiger partial charge in [-0.25, -0.2) is 13.8 Å². The number of nitrogens with zero attached hydrogens (tertiary/aromatic N) is 3. The Balaban J connectivity index is 1.81. The normalized spacial score (nSPS) is 16.2. The van der Waals surface area contributed by atoms with Gasteiger partial charge in [-0.1, -0.05) is 30.8 Å². The molecule has 0 radical (unpaired) electrons. The van der Waals surface area contributed by atoms with E-state index < -0.39 is 21.8 Å². The van der Waals surface area contributed by atoms with Gasteiger partial charge >= 0.3 is 10.2 Å². The van der Waals surface area contributed by atoms with E-state index in [0.717, 1.165) is 24.4 Å². The van der Waals surface area contributed by atoms with Crippen LogP contribution in [0.1, 0.15) is 18.9 Å². The highest BCUT2D eigenvalue weighted by molar-refractivity contribution is 7.98. The largest absolute Gasteiger partial charge is 0.477 e. The van der Waals surface area contributed by atoms with Crippen molar-refractivity contribution in [3.8, 4) is 5.88 Å². The lowest BCUT2D eigenvalue weighted by Gasteiger charge is -2.20. The van der Waals surface area contributed by atoms with Crippen LogP contribution in [-0.2, 0) is 16.0 Å². The van der Waals surface area contributed by atoms with Gasteiger partial charge in [-0.2, -0.15) is 17.7 Å². The maximum Gasteiger partial charge on any atom is 0.302 e. The molecule has 0 bridgehead atoms. The Morgan fingerprint density at radius 1 is 1.30 bits per heavy atom. The van der Waals surface area contributed by atoms with E-state index in [4.69, 9.17) is 4.74 Å². The Labute approximate surface area is 196 Å². The molecule has 33 heavy (non-hydrogen) atoms. The fourth-order valence-corrected chi connectivity index (χ4v) is 4.96. The number of anilines is 1. The molecule has 1 aliphatic heterocycles. The van der Waals surface area contributed by atoms with Crippen LogP contribution in [-0.4, -0.2) is 67.2 Å². The zero-order valence-corrected chi connectivity index (χ0v) is 19.8. The van der Waals surface area contributed by atoms with Crippen molar-refractivity contribution in [2.24, 2.45) is 5.92 Å². The number of rotatable bonds is 10. The molecule has 1 aromatic carbocycles. The summed E-state index contributed by atoms with van der Waals surface area (Å²) < 4.78 is 62.6. The Bertz CT molecular complexity index is 1040. The van der Waals surface area contributed by atoms with Gasteiger partial charge in [-0.3, -0.25) is 4.72 Å². The Kier molecular flexibility index (Phi) is 9.20. The highest BCUT2D eigenvalue weighted by atomic mass is 32.2. The number of aliphatic hydroxyl groups excluding tert-OH is 1. The van der Waals surface area contributed by atoms with Crippen LogP contribution in [0.4, 0.5) is 14.6 Å². The minimum Gasteiger partial charge on any atom is -0.477 e. The second kappa shape index (κ2) is 11.9. The maximum absolute atomic E-state index is 14.0. The van der Waals surface area contributed by atoms with Crippen LogP contribution >= 0.6 is 11.8 Å². The molecule has 3 rings (SSSR count). The monoisotopic (exact) mass is 503 g/mol. The van der Waals surface area contributed by atoms with Gasteiger partial charge in [0.1, 0.15) is 5.82 Å². The van der Waals surface area contributed by atoms with Crippen molar-refractivity contribution in [3.05, 3.63) is 41.5 Å². The molecule has 1 fully saturated rings. The highest BCUT2D eigenvalue weighted by Crippen LogP contribution is 2.26. The number of aromatic nitrogens is 2. The van der Waals surface area contributed by atoms with E-state index in [0.29, 0.717) is 26.1 Å². The van der Waals surface area contributed by atoms with E-state index in [1.807, 2.05) is 0 Å². The predicted octanol–water partition coefficient (Wildman–Crippen LogP) is 2.01. The third-order valence-electron chi connectivity index (χ3n) is 4.77. The second-order valence-corrected chi connectivity index (χ2v) is 10.2. The van der Waals surface area contributed by atoms with E-state index >= 15 is 0 Å². The average molecular weight is 504 g/mol. The molecule has 0 unspecified atom stereocenters. The summed E-state index contributed by atoms with van der Waals surface area (Å²) in [6, 6.07) is 5.23. The topological polar surface area (TPSA) is 117 Å². The molecule has 0 spiro atoms. The summed E-state index contributed by atoms with van der Waals surface area (Å²) in [5.74, 6) is -1.94. The van der Waals surface area contributed by atoms with Crippen LogP contribution in [0.5, 0.6) is 5.88 Å². The van der Waals surface area contributed by atoms with E-state index in [-0.39, 0.29) is 47.3 Å². The van der Waals surface area contributed by atoms with Gasteiger partial charge in [-0.15, -0.1) is 0 Å². The second-order valence-electron chi connectivity index (χ2n) is 7.58. The van der Waals surface area contributed by atoms with Crippen molar-refractivity contribution in [2.45, 2.75) is 24.3 Å². The molecule has 2 aromatic rings. The van der Waals surface area contributed by atoms with Crippen molar-refractivity contribution >= 4 is 27.8 Å². The SMILES string of the molecule is C[C@H](CO)COc1cc(NS(=O)(=O)N2CCCNCC2)nc(SCc2cccc(F)c2F)n1. The molecule has 182 valence electrons. The molecule has 1 aliphatic rings. The number of thioether (sulfide) groups is 1. The average Bonchev–Trinajstić information content (AvgIpc) is 3.08. The third-order valence-corrected chi connectivity index (χ3v) is 7.18. The smallest absolute Gasteiger partial charge is 0.302 e. The fraction of sp³-hybridized carbons (Fsp3) is 0.500. The van der Waals surface area contributed by atoms with Gasteiger partial charge in [0.15, 0.2) is 16.8 Å². The number of halogens is 2. The van der Waals surface area contributed by atoms with Crippen molar-refractivity contribution in [1.29, 1.82) is 0 Å². The number of hydrogen-bond acceptors (Lipinski definition) is 8. The van der Waals surface area contributed by atoms with Gasteiger partial charge in [0.2, 0.25) is 5.88 Å². The summed E-state index contributed by atoms with van der Waals surface area (Å²) in [4.78, 5) is 8.46. The number of benzene rings is 1. The van der Waals surface area contributed by atoms with Gasteiger partial charge in [-0.05, 0) is 19.0 Å². The molecule has 1 atom stereocenters. The van der Waals surface area contributed by atoms with E-state index in [9.17, 15) is 22.3 Å². The molecular formula is C20H27F2N5O4S2. The summed E-state index contributed by atoms with van der Waals surface area (Å²) in [5.41, 5.74) is 0.128. The van der Waals surface area contributed by atoms with Gasteiger partial charge in [0, 0.05) is 49.5 Å². The molecule has 0 aliphatic carbocycles. The maximum atomic E-state index is 14.0. The van der Waals surface area contributed by atoms with Crippen LogP contribution < -0.4 is 14.8 Å². The van der Waals surface area contributed by atoms with Crippen LogP contribution in [0.15, 0.2) is 29.4 Å². The Morgan fingerprint density at radius 3 is 2.91 bits per heavy atom. The summed E-state index contributed by atoms with van der Waals surface area (Å²) in [7, 11) is -3.87. The lowest BCUT2D eigenvalue weighted by molar-refractivity contribution is 0.170. The zero-order chi connectivity index (χ0) is 23.8. The lowest BCUT2D eigenvalue weighted by atomic mass is 10.2. The molecule has 13 heteroatoms. The summed E-state index contributed by atoms with van der Waals surface area (Å²) in [6.07, 6.45) is 0.679. The Morgan fingerprint density at radius 2 is 2.12 bits per heavy atom. The zero-order valence-electron chi connectivity index (χ0n) is 18.1. The summed E-state index contributed by atoms with van der Waals surface area (Å²) in [5, 5.41) is 12.5. The third kappa shape index (κ3) is 7.47. The molecule has 1 aromatic heterocycles. The van der Waals surface area contributed by atoms with Crippen LogP contribution in [0.3, 0.4) is 0 Å². The van der Waals surface area contributed by atoms with Crippen LogP contribution in [0, 0.1) is 17.6 Å². The highest BCUT2D eigenvalue weighted by Gasteiger charge is 2.24. The van der Waals surface area contributed by atoms with Crippen molar-refractivity contribution in [1.82, 2.24) is 19.6 Å².